The highest BCUT2D eigenvalue weighted by Gasteiger charge is 2.37. The molecule has 2 aromatic rings. The quantitative estimate of drug-likeness (QED) is 0.428. The lowest BCUT2D eigenvalue weighted by Crippen LogP contribution is -2.40. The standard InChI is InChI=1S/C25H36F2O2Si/c1-24(2,3)23(27)21-14-17(16-29-30(8,9)25(4,5)6)10-12-19(21)20-15-18(28-7)11-13-22(20)26/h10-15,23H,16H2,1-9H3. The lowest BCUT2D eigenvalue weighted by Gasteiger charge is -2.36. The Morgan fingerprint density at radius 3 is 2.10 bits per heavy atom. The van der Waals surface area contributed by atoms with Crippen molar-refractivity contribution in [3.8, 4) is 16.9 Å². The van der Waals surface area contributed by atoms with Crippen LogP contribution in [0.3, 0.4) is 0 Å². The van der Waals surface area contributed by atoms with Gasteiger partial charge in [-0.1, -0.05) is 53.7 Å². The zero-order valence-electron chi connectivity index (χ0n) is 19.8. The van der Waals surface area contributed by atoms with Gasteiger partial charge in [-0.05, 0) is 64.5 Å². The first kappa shape index (κ1) is 24.5. The van der Waals surface area contributed by atoms with Gasteiger partial charge in [-0.25, -0.2) is 8.78 Å². The van der Waals surface area contributed by atoms with Crippen molar-refractivity contribution >= 4 is 8.32 Å². The van der Waals surface area contributed by atoms with Gasteiger partial charge in [-0.2, -0.15) is 0 Å². The molecule has 0 aromatic heterocycles. The van der Waals surface area contributed by atoms with Crippen LogP contribution in [0.1, 0.15) is 58.8 Å². The van der Waals surface area contributed by atoms with Crippen LogP contribution in [-0.2, 0) is 11.0 Å². The van der Waals surface area contributed by atoms with Crippen LogP contribution < -0.4 is 4.74 Å². The van der Waals surface area contributed by atoms with Gasteiger partial charge in [0.1, 0.15) is 17.7 Å². The molecule has 1 atom stereocenters. The van der Waals surface area contributed by atoms with Gasteiger partial charge in [0.15, 0.2) is 8.32 Å². The van der Waals surface area contributed by atoms with Crippen LogP contribution in [0.5, 0.6) is 5.75 Å². The predicted molar refractivity (Wildman–Crippen MR) is 124 cm³/mol. The van der Waals surface area contributed by atoms with E-state index in [1.54, 1.807) is 18.2 Å². The maximum absolute atomic E-state index is 15.6. The molecule has 0 saturated carbocycles. The lowest BCUT2D eigenvalue weighted by atomic mass is 9.82. The average Bonchev–Trinajstić information content (AvgIpc) is 2.64. The molecule has 5 heteroatoms. The van der Waals surface area contributed by atoms with E-state index in [2.05, 4.69) is 33.9 Å². The molecule has 0 fully saturated rings. The van der Waals surface area contributed by atoms with Gasteiger partial charge in [-0.15, -0.1) is 0 Å². The third-order valence-corrected chi connectivity index (χ3v) is 10.5. The summed E-state index contributed by atoms with van der Waals surface area (Å²) in [6.07, 6.45) is -1.26. The van der Waals surface area contributed by atoms with Crippen LogP contribution in [0.25, 0.3) is 11.1 Å². The van der Waals surface area contributed by atoms with Crippen LogP contribution >= 0.6 is 0 Å². The van der Waals surface area contributed by atoms with Gasteiger partial charge < -0.3 is 9.16 Å². The molecule has 2 aromatic carbocycles. The lowest BCUT2D eigenvalue weighted by molar-refractivity contribution is 0.165. The van der Waals surface area contributed by atoms with Crippen LogP contribution in [0.15, 0.2) is 36.4 Å². The fourth-order valence-electron chi connectivity index (χ4n) is 2.94. The molecule has 0 heterocycles. The Bertz CT molecular complexity index is 880. The second-order valence-electron chi connectivity index (χ2n) is 10.5. The maximum Gasteiger partial charge on any atom is 0.192 e. The van der Waals surface area contributed by atoms with Crippen molar-refractivity contribution in [3.05, 3.63) is 53.3 Å². The Hall–Kier alpha value is -1.72. The zero-order valence-corrected chi connectivity index (χ0v) is 20.8. The Kier molecular flexibility index (Phi) is 7.20. The molecule has 0 N–H and O–H groups in total. The molecule has 0 saturated heterocycles. The Morgan fingerprint density at radius 2 is 1.57 bits per heavy atom. The number of hydrogen-bond acceptors (Lipinski definition) is 2. The molecule has 0 aliphatic heterocycles. The van der Waals surface area contributed by atoms with Crippen molar-refractivity contribution in [3.63, 3.8) is 0 Å². The molecule has 1 unspecified atom stereocenters. The monoisotopic (exact) mass is 434 g/mol. The second-order valence-corrected chi connectivity index (χ2v) is 15.4. The normalized spacial score (nSPS) is 14.0. The van der Waals surface area contributed by atoms with Gasteiger partial charge >= 0.3 is 0 Å². The number of benzene rings is 2. The van der Waals surface area contributed by atoms with E-state index in [-0.39, 0.29) is 5.04 Å². The van der Waals surface area contributed by atoms with Crippen molar-refractivity contribution in [2.75, 3.05) is 7.11 Å². The predicted octanol–water partition coefficient (Wildman–Crippen LogP) is 8.08. The smallest absolute Gasteiger partial charge is 0.192 e. The minimum Gasteiger partial charge on any atom is -0.497 e. The third-order valence-electron chi connectivity index (χ3n) is 6.02. The SMILES string of the molecule is COc1ccc(F)c(-c2ccc(CO[Si](C)(C)C(C)(C)C)cc2C(F)C(C)(C)C)c1. The number of ether oxygens (including phenoxy) is 1. The first-order chi connectivity index (χ1) is 13.7. The molecule has 30 heavy (non-hydrogen) atoms. The van der Waals surface area contributed by atoms with E-state index in [1.165, 1.54) is 13.2 Å². The molecule has 2 rings (SSSR count). The van der Waals surface area contributed by atoms with Gasteiger partial charge in [0.05, 0.1) is 13.7 Å². The second kappa shape index (κ2) is 8.79. The molecule has 0 aliphatic rings. The number of alkyl halides is 1. The van der Waals surface area contributed by atoms with Crippen LogP contribution in [0.4, 0.5) is 8.78 Å². The summed E-state index contributed by atoms with van der Waals surface area (Å²) in [7, 11) is -0.404. The minimum atomic E-state index is -1.94. The van der Waals surface area contributed by atoms with E-state index < -0.39 is 25.7 Å². The third kappa shape index (κ3) is 5.49. The highest BCUT2D eigenvalue weighted by molar-refractivity contribution is 6.74. The Labute approximate surface area is 181 Å². The fraction of sp³-hybridized carbons (Fsp3) is 0.520. The van der Waals surface area contributed by atoms with Gasteiger partial charge in [0.2, 0.25) is 0 Å². The van der Waals surface area contributed by atoms with E-state index in [9.17, 15) is 4.39 Å². The molecule has 0 amide bonds. The number of hydrogen-bond donors (Lipinski definition) is 0. The summed E-state index contributed by atoms with van der Waals surface area (Å²) in [6.45, 7) is 16.9. The van der Waals surface area contributed by atoms with Crippen molar-refractivity contribution in [1.82, 2.24) is 0 Å². The molecule has 0 radical (unpaired) electrons. The van der Waals surface area contributed by atoms with Gasteiger partial charge in [-0.3, -0.25) is 0 Å². The van der Waals surface area contributed by atoms with Crippen molar-refractivity contribution in [1.29, 1.82) is 0 Å². The minimum absolute atomic E-state index is 0.0908. The summed E-state index contributed by atoms with van der Waals surface area (Å²) >= 11 is 0. The average molecular weight is 435 g/mol. The maximum atomic E-state index is 15.6. The van der Waals surface area contributed by atoms with Gasteiger partial charge in [0, 0.05) is 5.56 Å². The number of rotatable bonds is 6. The molecular formula is C25H36F2O2Si. The highest BCUT2D eigenvalue weighted by atomic mass is 28.4. The first-order valence-electron chi connectivity index (χ1n) is 10.4. The van der Waals surface area contributed by atoms with Crippen molar-refractivity contribution in [2.24, 2.45) is 5.41 Å². The summed E-state index contributed by atoms with van der Waals surface area (Å²) in [4.78, 5) is 0. The molecular weight excluding hydrogens is 398 g/mol. The largest absolute Gasteiger partial charge is 0.497 e. The molecule has 0 aliphatic carbocycles. The molecule has 166 valence electrons. The zero-order chi connectivity index (χ0) is 22.9. The summed E-state index contributed by atoms with van der Waals surface area (Å²) in [5, 5.41) is 0.0908. The summed E-state index contributed by atoms with van der Waals surface area (Å²) in [5.41, 5.74) is 1.64. The van der Waals surface area contributed by atoms with Crippen molar-refractivity contribution < 1.29 is 17.9 Å². The molecule has 2 nitrogen and oxygen atoms in total. The van der Waals surface area contributed by atoms with Crippen molar-refractivity contribution in [2.45, 2.75) is 72.5 Å². The summed E-state index contributed by atoms with van der Waals surface area (Å²) in [5.74, 6) is 0.136. The Morgan fingerprint density at radius 1 is 0.933 bits per heavy atom. The molecule has 0 spiro atoms. The van der Waals surface area contributed by atoms with E-state index in [4.69, 9.17) is 9.16 Å². The van der Waals surface area contributed by atoms with E-state index >= 15 is 4.39 Å². The molecule has 0 bridgehead atoms. The van der Waals surface area contributed by atoms with E-state index in [1.807, 2.05) is 32.9 Å². The fourth-order valence-corrected chi connectivity index (χ4v) is 3.90. The highest BCUT2D eigenvalue weighted by Crippen LogP contribution is 2.43. The van der Waals surface area contributed by atoms with E-state index in [0.29, 0.717) is 29.0 Å². The van der Waals surface area contributed by atoms with Gasteiger partial charge in [0.25, 0.3) is 0 Å². The first-order valence-corrected chi connectivity index (χ1v) is 13.3. The Balaban J connectivity index is 2.52. The van der Waals surface area contributed by atoms with Crippen LogP contribution in [0, 0.1) is 11.2 Å². The van der Waals surface area contributed by atoms with Crippen LogP contribution in [0.2, 0.25) is 18.1 Å². The number of halogens is 2. The number of methoxy groups -OCH3 is 1. The van der Waals surface area contributed by atoms with E-state index in [0.717, 1.165) is 5.56 Å². The van der Waals surface area contributed by atoms with Crippen LogP contribution in [-0.4, -0.2) is 15.4 Å². The topological polar surface area (TPSA) is 18.5 Å². The summed E-state index contributed by atoms with van der Waals surface area (Å²) in [6, 6.07) is 10.1. The summed E-state index contributed by atoms with van der Waals surface area (Å²) < 4.78 is 41.8.